The normalized spacial score (nSPS) is 12.3. The van der Waals surface area contributed by atoms with Crippen LogP contribution in [0.4, 0.5) is 0 Å². The largest absolute Gasteiger partial charge is 0.481 e. The molecule has 6 nitrogen and oxygen atoms in total. The Hall–Kier alpha value is -1.89. The summed E-state index contributed by atoms with van der Waals surface area (Å²) >= 11 is 1.15. The molecule has 2 rings (SSSR count). The first-order valence-corrected chi connectivity index (χ1v) is 6.31. The number of hydrogen-bond acceptors (Lipinski definition) is 5. The topological polar surface area (TPSA) is 80.9 Å². The number of carboxylic acids is 1. The van der Waals surface area contributed by atoms with Gasteiger partial charge < -0.3 is 9.67 Å². The molecule has 2 heterocycles. The lowest BCUT2D eigenvalue weighted by molar-refractivity contribution is -0.133. The third-order valence-corrected chi connectivity index (χ3v) is 3.39. The minimum Gasteiger partial charge on any atom is -0.481 e. The second-order valence-electron chi connectivity index (χ2n) is 3.67. The average molecular weight is 264 g/mol. The number of aliphatic carboxylic acids is 1. The van der Waals surface area contributed by atoms with E-state index >= 15 is 0 Å². The zero-order valence-electron chi connectivity index (χ0n) is 9.72. The first kappa shape index (κ1) is 12.6. The highest BCUT2D eigenvalue weighted by Gasteiger charge is 2.14. The number of pyridine rings is 1. The molecule has 0 aliphatic rings. The van der Waals surface area contributed by atoms with Crippen molar-refractivity contribution in [1.29, 1.82) is 0 Å². The van der Waals surface area contributed by atoms with Crippen molar-refractivity contribution in [3.8, 4) is 0 Å². The molecule has 0 fully saturated rings. The summed E-state index contributed by atoms with van der Waals surface area (Å²) in [4.78, 5) is 14.6. The molecule has 0 aromatic carbocycles. The summed E-state index contributed by atoms with van der Waals surface area (Å²) in [6, 6.07) is 3.84. The Labute approximate surface area is 108 Å². The van der Waals surface area contributed by atoms with Gasteiger partial charge in [0.1, 0.15) is 6.33 Å². The predicted molar refractivity (Wildman–Crippen MR) is 66.4 cm³/mol. The number of carboxylic acid groups (broad SMARTS) is 1. The highest BCUT2D eigenvalue weighted by atomic mass is 32.2. The number of carbonyl (C=O) groups is 1. The van der Waals surface area contributed by atoms with Gasteiger partial charge in [-0.25, -0.2) is 0 Å². The Morgan fingerprint density at radius 2 is 2.44 bits per heavy atom. The molecule has 7 heteroatoms. The summed E-state index contributed by atoms with van der Waals surface area (Å²) in [6.07, 6.45) is 5.08. The summed E-state index contributed by atoms with van der Waals surface area (Å²) in [5.74, 6) is -0.901. The molecular weight excluding hydrogens is 252 g/mol. The second kappa shape index (κ2) is 5.63. The van der Waals surface area contributed by atoms with E-state index in [4.69, 9.17) is 5.11 Å². The second-order valence-corrected chi connectivity index (χ2v) is 4.61. The molecule has 0 saturated carbocycles. The zero-order valence-corrected chi connectivity index (χ0v) is 10.5. The molecule has 94 valence electrons. The SMILES string of the molecule is CC(c1cccnc1)n1cnnc1SCC(=O)O. The fraction of sp³-hybridized carbons (Fsp3) is 0.273. The maximum absolute atomic E-state index is 10.6. The Morgan fingerprint density at radius 3 is 3.11 bits per heavy atom. The Kier molecular flexibility index (Phi) is 3.93. The van der Waals surface area contributed by atoms with Gasteiger partial charge in [0.15, 0.2) is 5.16 Å². The van der Waals surface area contributed by atoms with Crippen LogP contribution in [-0.2, 0) is 4.79 Å². The van der Waals surface area contributed by atoms with Crippen LogP contribution in [0.1, 0.15) is 18.5 Å². The van der Waals surface area contributed by atoms with Crippen LogP contribution in [-0.4, -0.2) is 36.6 Å². The third-order valence-electron chi connectivity index (χ3n) is 2.45. The molecule has 1 N–H and O–H groups in total. The smallest absolute Gasteiger partial charge is 0.313 e. The minimum atomic E-state index is -0.872. The Balaban J connectivity index is 2.18. The number of nitrogens with zero attached hydrogens (tertiary/aromatic N) is 4. The molecule has 0 spiro atoms. The zero-order chi connectivity index (χ0) is 13.0. The molecule has 18 heavy (non-hydrogen) atoms. The van der Waals surface area contributed by atoms with E-state index in [9.17, 15) is 4.79 Å². The minimum absolute atomic E-state index is 0.0185. The van der Waals surface area contributed by atoms with Crippen LogP contribution >= 0.6 is 11.8 Å². The maximum Gasteiger partial charge on any atom is 0.313 e. The standard InChI is InChI=1S/C11H12N4O2S/c1-8(9-3-2-4-12-5-9)15-7-13-14-11(15)18-6-10(16)17/h2-5,7-8H,6H2,1H3,(H,16,17). The van der Waals surface area contributed by atoms with E-state index in [2.05, 4.69) is 15.2 Å². The van der Waals surface area contributed by atoms with Crippen LogP contribution in [0.2, 0.25) is 0 Å². The Morgan fingerprint density at radius 1 is 1.61 bits per heavy atom. The van der Waals surface area contributed by atoms with Crippen molar-refractivity contribution >= 4 is 17.7 Å². The predicted octanol–water partition coefficient (Wildman–Crippen LogP) is 1.46. The van der Waals surface area contributed by atoms with Crippen LogP contribution in [0.5, 0.6) is 0 Å². The van der Waals surface area contributed by atoms with Gasteiger partial charge >= 0.3 is 5.97 Å². The van der Waals surface area contributed by atoms with Gasteiger partial charge in [-0.1, -0.05) is 17.8 Å². The van der Waals surface area contributed by atoms with Gasteiger partial charge in [0.2, 0.25) is 0 Å². The summed E-state index contributed by atoms with van der Waals surface area (Å²) in [6.45, 7) is 1.99. The monoisotopic (exact) mass is 264 g/mol. The van der Waals surface area contributed by atoms with Gasteiger partial charge in [-0.3, -0.25) is 9.78 Å². The fourth-order valence-corrected chi connectivity index (χ4v) is 2.22. The molecule has 0 saturated heterocycles. The van der Waals surface area contributed by atoms with Crippen LogP contribution in [0.25, 0.3) is 0 Å². The van der Waals surface area contributed by atoms with Crippen LogP contribution < -0.4 is 0 Å². The highest BCUT2D eigenvalue weighted by Crippen LogP contribution is 2.23. The molecule has 1 unspecified atom stereocenters. The van der Waals surface area contributed by atoms with Crippen molar-refractivity contribution in [1.82, 2.24) is 19.7 Å². The molecule has 0 radical (unpaired) electrons. The molecular formula is C11H12N4O2S. The van der Waals surface area contributed by atoms with Gasteiger partial charge in [-0.2, -0.15) is 0 Å². The number of hydrogen-bond donors (Lipinski definition) is 1. The van der Waals surface area contributed by atoms with Crippen LogP contribution in [0.3, 0.4) is 0 Å². The third kappa shape index (κ3) is 2.86. The average Bonchev–Trinajstić information content (AvgIpc) is 2.85. The van der Waals surface area contributed by atoms with E-state index in [1.807, 2.05) is 23.6 Å². The molecule has 2 aromatic heterocycles. The van der Waals surface area contributed by atoms with E-state index in [0.717, 1.165) is 17.3 Å². The van der Waals surface area contributed by atoms with Gasteiger partial charge in [-0.05, 0) is 18.6 Å². The quantitative estimate of drug-likeness (QED) is 0.823. The summed E-state index contributed by atoms with van der Waals surface area (Å²) < 4.78 is 1.84. The van der Waals surface area contributed by atoms with Crippen molar-refractivity contribution in [2.75, 3.05) is 5.75 Å². The molecule has 0 bridgehead atoms. The van der Waals surface area contributed by atoms with Crippen molar-refractivity contribution in [2.45, 2.75) is 18.1 Å². The lowest BCUT2D eigenvalue weighted by Crippen LogP contribution is -2.08. The van der Waals surface area contributed by atoms with E-state index in [0.29, 0.717) is 5.16 Å². The lowest BCUT2D eigenvalue weighted by atomic mass is 10.1. The van der Waals surface area contributed by atoms with Gasteiger partial charge in [-0.15, -0.1) is 10.2 Å². The highest BCUT2D eigenvalue weighted by molar-refractivity contribution is 7.99. The van der Waals surface area contributed by atoms with Gasteiger partial charge in [0.25, 0.3) is 0 Å². The summed E-state index contributed by atoms with van der Waals surface area (Å²) in [5.41, 5.74) is 1.02. The van der Waals surface area contributed by atoms with Crippen molar-refractivity contribution in [3.05, 3.63) is 36.4 Å². The van der Waals surface area contributed by atoms with E-state index in [-0.39, 0.29) is 11.8 Å². The van der Waals surface area contributed by atoms with Crippen LogP contribution in [0, 0.1) is 0 Å². The van der Waals surface area contributed by atoms with Crippen LogP contribution in [0.15, 0.2) is 36.0 Å². The first-order valence-electron chi connectivity index (χ1n) is 5.32. The van der Waals surface area contributed by atoms with Gasteiger partial charge in [0.05, 0.1) is 11.8 Å². The Bertz CT molecular complexity index is 529. The molecule has 0 amide bonds. The lowest BCUT2D eigenvalue weighted by Gasteiger charge is -2.14. The maximum atomic E-state index is 10.6. The molecule has 0 aliphatic heterocycles. The molecule has 0 aliphatic carbocycles. The van der Waals surface area contributed by atoms with E-state index < -0.39 is 5.97 Å². The number of aromatic nitrogens is 4. The van der Waals surface area contributed by atoms with Crippen molar-refractivity contribution in [3.63, 3.8) is 0 Å². The number of rotatable bonds is 5. The summed E-state index contributed by atoms with van der Waals surface area (Å²) in [5, 5.41) is 17.0. The van der Waals surface area contributed by atoms with Crippen molar-refractivity contribution < 1.29 is 9.90 Å². The summed E-state index contributed by atoms with van der Waals surface area (Å²) in [7, 11) is 0. The van der Waals surface area contributed by atoms with Gasteiger partial charge in [0, 0.05) is 12.4 Å². The van der Waals surface area contributed by atoms with E-state index in [1.165, 1.54) is 0 Å². The molecule has 1 atom stereocenters. The van der Waals surface area contributed by atoms with E-state index in [1.54, 1.807) is 18.7 Å². The fourth-order valence-electron chi connectivity index (χ4n) is 1.51. The first-order chi connectivity index (χ1) is 8.68. The molecule has 2 aromatic rings. The number of thioether (sulfide) groups is 1. The van der Waals surface area contributed by atoms with Crippen molar-refractivity contribution in [2.24, 2.45) is 0 Å².